The summed E-state index contributed by atoms with van der Waals surface area (Å²) in [7, 11) is 0. The molecule has 2 rings (SSSR count). The first-order chi connectivity index (χ1) is 9.52. The zero-order chi connectivity index (χ0) is 14.7. The van der Waals surface area contributed by atoms with Crippen molar-refractivity contribution in [1.29, 1.82) is 0 Å². The maximum atomic E-state index is 12.2. The third kappa shape index (κ3) is 3.06. The van der Waals surface area contributed by atoms with E-state index in [2.05, 4.69) is 15.3 Å². The van der Waals surface area contributed by atoms with Crippen molar-refractivity contribution >= 4 is 23.8 Å². The average Bonchev–Trinajstić information content (AvgIpc) is 2.84. The van der Waals surface area contributed by atoms with Gasteiger partial charge in [0.25, 0.3) is 0 Å². The number of nitrogens with zero attached hydrogens (tertiary/aromatic N) is 2. The first kappa shape index (κ1) is 14.7. The molecular formula is C12H18N4O3S. The number of carbonyl (C=O) groups excluding carboxylic acids is 1. The topological polar surface area (TPSA) is 98.3 Å². The minimum atomic E-state index is -1.01. The van der Waals surface area contributed by atoms with Crippen LogP contribution in [0, 0.1) is 0 Å². The zero-order valence-corrected chi connectivity index (χ0v) is 12.2. The van der Waals surface area contributed by atoms with Crippen LogP contribution in [-0.2, 0) is 17.8 Å². The number of carboxylic acids is 1. The molecule has 1 aromatic heterocycles. The van der Waals surface area contributed by atoms with Gasteiger partial charge in [0.15, 0.2) is 0 Å². The minimum Gasteiger partial charge on any atom is -0.480 e. The van der Waals surface area contributed by atoms with Crippen LogP contribution in [-0.4, -0.2) is 56.1 Å². The summed E-state index contributed by atoms with van der Waals surface area (Å²) in [4.78, 5) is 32.0. The van der Waals surface area contributed by atoms with E-state index in [0.29, 0.717) is 0 Å². The lowest BCUT2D eigenvalue weighted by molar-refractivity contribution is -0.142. The van der Waals surface area contributed by atoms with Gasteiger partial charge < -0.3 is 20.3 Å². The number of amides is 2. The average molecular weight is 298 g/mol. The number of carbonyl (C=O) groups is 2. The van der Waals surface area contributed by atoms with Gasteiger partial charge >= 0.3 is 12.0 Å². The second-order valence-corrected chi connectivity index (χ2v) is 5.73. The number of H-pyrrole nitrogens is 1. The van der Waals surface area contributed by atoms with E-state index in [1.807, 2.05) is 13.2 Å². The number of aromatic amines is 1. The van der Waals surface area contributed by atoms with Crippen LogP contribution in [0.3, 0.4) is 0 Å². The number of thioether (sulfide) groups is 1. The maximum Gasteiger partial charge on any atom is 0.326 e. The summed E-state index contributed by atoms with van der Waals surface area (Å²) in [6.45, 7) is 2.14. The van der Waals surface area contributed by atoms with Gasteiger partial charge in [0.1, 0.15) is 6.04 Å². The van der Waals surface area contributed by atoms with E-state index >= 15 is 0 Å². The predicted molar refractivity (Wildman–Crippen MR) is 75.6 cm³/mol. The van der Waals surface area contributed by atoms with E-state index in [1.165, 1.54) is 11.2 Å². The molecule has 3 N–H and O–H groups in total. The van der Waals surface area contributed by atoms with Crippen LogP contribution in [0.25, 0.3) is 0 Å². The number of fused-ring (bicyclic) bond motifs is 1. The quantitative estimate of drug-likeness (QED) is 0.759. The molecule has 0 aromatic carbocycles. The molecule has 2 heterocycles. The van der Waals surface area contributed by atoms with Crippen LogP contribution in [0.2, 0.25) is 0 Å². The highest BCUT2D eigenvalue weighted by Crippen LogP contribution is 2.21. The number of rotatable bonds is 4. The van der Waals surface area contributed by atoms with Crippen molar-refractivity contribution in [3.05, 3.63) is 17.7 Å². The summed E-state index contributed by atoms with van der Waals surface area (Å²) >= 11 is 1.63. The summed E-state index contributed by atoms with van der Waals surface area (Å²) < 4.78 is 0. The normalized spacial score (nSPS) is 19.3. The molecule has 0 saturated carbocycles. The molecule has 0 radical (unpaired) electrons. The molecule has 0 fully saturated rings. The molecule has 7 nitrogen and oxygen atoms in total. The van der Waals surface area contributed by atoms with Gasteiger partial charge in [-0.3, -0.25) is 0 Å². The number of aromatic nitrogens is 2. The molecule has 20 heavy (non-hydrogen) atoms. The number of hydrogen-bond acceptors (Lipinski definition) is 4. The van der Waals surface area contributed by atoms with Crippen LogP contribution < -0.4 is 5.32 Å². The van der Waals surface area contributed by atoms with Crippen molar-refractivity contribution in [1.82, 2.24) is 20.2 Å². The fourth-order valence-electron chi connectivity index (χ4n) is 2.26. The second kappa shape index (κ2) is 6.17. The van der Waals surface area contributed by atoms with Crippen molar-refractivity contribution in [3.63, 3.8) is 0 Å². The predicted octanol–water partition coefficient (Wildman–Crippen LogP) is 0.682. The number of imidazole rings is 1. The lowest BCUT2D eigenvalue weighted by atomic mass is 10.0. The fourth-order valence-corrected chi connectivity index (χ4v) is 2.84. The molecule has 1 aromatic rings. The van der Waals surface area contributed by atoms with Gasteiger partial charge in [0, 0.05) is 18.2 Å². The number of nitrogens with one attached hydrogen (secondary N) is 2. The summed E-state index contributed by atoms with van der Waals surface area (Å²) in [5, 5.41) is 12.1. The number of hydrogen-bond donors (Lipinski definition) is 3. The number of urea groups is 1. The van der Waals surface area contributed by atoms with Gasteiger partial charge in [0.05, 0.1) is 24.3 Å². The van der Waals surface area contributed by atoms with E-state index in [9.17, 15) is 14.7 Å². The van der Waals surface area contributed by atoms with Crippen molar-refractivity contribution in [2.45, 2.75) is 32.0 Å². The molecule has 2 amide bonds. The Morgan fingerprint density at radius 1 is 1.70 bits per heavy atom. The molecule has 0 spiro atoms. The monoisotopic (exact) mass is 298 g/mol. The second-order valence-electron chi connectivity index (χ2n) is 4.82. The van der Waals surface area contributed by atoms with E-state index < -0.39 is 12.0 Å². The Bertz CT molecular complexity index is 505. The Balaban J connectivity index is 2.12. The first-order valence-corrected chi connectivity index (χ1v) is 7.72. The van der Waals surface area contributed by atoms with Gasteiger partial charge in [-0.05, 0) is 13.2 Å². The zero-order valence-electron chi connectivity index (χ0n) is 11.4. The number of carboxylic acid groups (broad SMARTS) is 1. The molecule has 1 aliphatic heterocycles. The van der Waals surface area contributed by atoms with Crippen LogP contribution in [0.4, 0.5) is 4.79 Å². The van der Waals surface area contributed by atoms with E-state index in [1.54, 1.807) is 11.8 Å². The van der Waals surface area contributed by atoms with Gasteiger partial charge in [-0.2, -0.15) is 11.8 Å². The Hall–Kier alpha value is -1.70. The summed E-state index contributed by atoms with van der Waals surface area (Å²) in [5.74, 6) is -0.224. The minimum absolute atomic E-state index is 0.00453. The Labute approximate surface area is 121 Å². The van der Waals surface area contributed by atoms with Crippen LogP contribution >= 0.6 is 11.8 Å². The van der Waals surface area contributed by atoms with Gasteiger partial charge in [-0.15, -0.1) is 0 Å². The molecule has 110 valence electrons. The van der Waals surface area contributed by atoms with Crippen LogP contribution in [0.5, 0.6) is 0 Å². The molecule has 0 aliphatic carbocycles. The highest BCUT2D eigenvalue weighted by molar-refractivity contribution is 7.98. The van der Waals surface area contributed by atoms with Crippen molar-refractivity contribution in [3.8, 4) is 0 Å². The van der Waals surface area contributed by atoms with Crippen LogP contribution in [0.15, 0.2) is 6.33 Å². The first-order valence-electron chi connectivity index (χ1n) is 6.33. The van der Waals surface area contributed by atoms with Gasteiger partial charge in [-0.1, -0.05) is 0 Å². The molecule has 0 saturated heterocycles. The Morgan fingerprint density at radius 3 is 3.10 bits per heavy atom. The van der Waals surface area contributed by atoms with Crippen molar-refractivity contribution in [2.75, 3.05) is 12.0 Å². The maximum absolute atomic E-state index is 12.2. The molecule has 1 aliphatic rings. The highest BCUT2D eigenvalue weighted by atomic mass is 32.2. The summed E-state index contributed by atoms with van der Waals surface area (Å²) in [6, 6.07) is -1.22. The summed E-state index contributed by atoms with van der Waals surface area (Å²) in [6.07, 6.45) is 3.72. The fraction of sp³-hybridized carbons (Fsp3) is 0.583. The molecule has 2 unspecified atom stereocenters. The smallest absolute Gasteiger partial charge is 0.326 e. The largest absolute Gasteiger partial charge is 0.480 e. The lowest BCUT2D eigenvalue weighted by Gasteiger charge is -2.33. The van der Waals surface area contributed by atoms with E-state index in [-0.39, 0.29) is 25.0 Å². The highest BCUT2D eigenvalue weighted by Gasteiger charge is 2.36. The summed E-state index contributed by atoms with van der Waals surface area (Å²) in [5.41, 5.74) is 1.52. The van der Waals surface area contributed by atoms with E-state index in [4.69, 9.17) is 0 Å². The third-order valence-corrected chi connectivity index (χ3v) is 4.06. The van der Waals surface area contributed by atoms with Crippen molar-refractivity contribution < 1.29 is 14.7 Å². The molecule has 2 atom stereocenters. The molecule has 0 bridgehead atoms. The lowest BCUT2D eigenvalue weighted by Crippen LogP contribution is -2.54. The SMILES string of the molecule is CSCC(C)NC(=O)N1Cc2[nH]cnc2CC1C(=O)O. The Morgan fingerprint density at radius 2 is 2.45 bits per heavy atom. The van der Waals surface area contributed by atoms with Crippen LogP contribution in [0.1, 0.15) is 18.3 Å². The van der Waals surface area contributed by atoms with Gasteiger partial charge in [0.2, 0.25) is 0 Å². The molecule has 8 heteroatoms. The van der Waals surface area contributed by atoms with Crippen molar-refractivity contribution in [2.24, 2.45) is 0 Å². The molecular weight excluding hydrogens is 280 g/mol. The van der Waals surface area contributed by atoms with Gasteiger partial charge in [-0.25, -0.2) is 14.6 Å². The third-order valence-electron chi connectivity index (χ3n) is 3.23. The number of aliphatic carboxylic acids is 1. The standard InChI is InChI=1S/C12H18N4O3S/c1-7(5-20-2)15-12(19)16-4-9-8(13-6-14-9)3-10(16)11(17)18/h6-7,10H,3-5H2,1-2H3,(H,13,14)(H,15,19)(H,17,18). The Kier molecular flexibility index (Phi) is 4.53. The van der Waals surface area contributed by atoms with E-state index in [0.717, 1.165) is 17.1 Å².